The maximum atomic E-state index is 5.09. The Kier molecular flexibility index (Phi) is 5.14. The van der Waals surface area contributed by atoms with Crippen LogP contribution in [0.1, 0.15) is 0 Å². The van der Waals surface area contributed by atoms with Gasteiger partial charge in [-0.05, 0) is 47.9 Å². The molecule has 0 unspecified atom stereocenters. The highest BCUT2D eigenvalue weighted by atomic mass is 15.1. The van der Waals surface area contributed by atoms with Crippen LogP contribution in [0, 0.1) is 0 Å². The first-order chi connectivity index (χ1) is 25.3. The number of imidazole rings is 1. The van der Waals surface area contributed by atoms with Crippen LogP contribution in [0.2, 0.25) is 0 Å². The lowest BCUT2D eigenvalue weighted by Gasteiger charge is -2.15. The Morgan fingerprint density at radius 3 is 2.14 bits per heavy atom. The van der Waals surface area contributed by atoms with Gasteiger partial charge in [0.2, 0.25) is 5.78 Å². The number of benzene rings is 6. The third kappa shape index (κ3) is 3.48. The van der Waals surface area contributed by atoms with E-state index in [1.807, 2.05) is 24.5 Å². The Hall–Kier alpha value is -7.05. The van der Waals surface area contributed by atoms with Crippen molar-refractivity contribution in [2.24, 2.45) is 0 Å². The van der Waals surface area contributed by atoms with Gasteiger partial charge in [-0.2, -0.15) is 0 Å². The summed E-state index contributed by atoms with van der Waals surface area (Å²) in [7, 11) is 0. The largest absolute Gasteiger partial charge is 0.309 e. The zero-order valence-electron chi connectivity index (χ0n) is 27.2. The summed E-state index contributed by atoms with van der Waals surface area (Å²) in [6.07, 6.45) is 5.80. The van der Waals surface area contributed by atoms with Gasteiger partial charge in [0.25, 0.3) is 0 Å². The second kappa shape index (κ2) is 9.77. The van der Waals surface area contributed by atoms with E-state index in [4.69, 9.17) is 9.97 Å². The zero-order chi connectivity index (χ0) is 33.2. The van der Waals surface area contributed by atoms with Crippen LogP contribution in [-0.4, -0.2) is 28.3 Å². The third-order valence-electron chi connectivity index (χ3n) is 10.7. The number of fused-ring (bicyclic) bond motifs is 10. The summed E-state index contributed by atoms with van der Waals surface area (Å²) in [6, 6.07) is 50.0. The summed E-state index contributed by atoms with van der Waals surface area (Å²) in [5.74, 6) is 0.676. The Labute approximate surface area is 290 Å². The van der Waals surface area contributed by atoms with E-state index in [1.54, 1.807) is 6.20 Å². The number of aromatic nitrogens is 6. The van der Waals surface area contributed by atoms with E-state index in [0.29, 0.717) is 5.78 Å². The highest BCUT2D eigenvalue weighted by molar-refractivity contribution is 6.33. The number of nitrogens with zero attached hydrogens (tertiary/aromatic N) is 6. The molecule has 6 aromatic heterocycles. The average Bonchev–Trinajstić information content (AvgIpc) is 3.86. The molecule has 0 spiro atoms. The average molecular weight is 651 g/mol. The van der Waals surface area contributed by atoms with E-state index in [-0.39, 0.29) is 0 Å². The molecule has 0 aliphatic carbocycles. The lowest BCUT2D eigenvalue weighted by molar-refractivity contribution is 1.11. The monoisotopic (exact) mass is 650 g/mol. The summed E-state index contributed by atoms with van der Waals surface area (Å²) in [4.78, 5) is 14.7. The number of hydrogen-bond acceptors (Lipinski definition) is 3. The van der Waals surface area contributed by atoms with E-state index in [0.717, 1.165) is 50.3 Å². The van der Waals surface area contributed by atoms with Crippen molar-refractivity contribution < 1.29 is 0 Å². The Morgan fingerprint density at radius 2 is 1.22 bits per heavy atom. The Bertz CT molecular complexity index is 3370. The van der Waals surface area contributed by atoms with E-state index in [9.17, 15) is 0 Å². The molecular weight excluding hydrogens is 625 g/mol. The molecule has 0 radical (unpaired) electrons. The number of para-hydroxylation sites is 2. The molecule has 236 valence electrons. The quantitative estimate of drug-likeness (QED) is 0.141. The molecule has 0 saturated carbocycles. The molecule has 0 N–H and O–H groups in total. The van der Waals surface area contributed by atoms with Crippen molar-refractivity contribution in [1.29, 1.82) is 0 Å². The second-order valence-corrected chi connectivity index (χ2v) is 13.3. The maximum absolute atomic E-state index is 5.09. The molecule has 6 heterocycles. The molecule has 6 nitrogen and oxygen atoms in total. The van der Waals surface area contributed by atoms with E-state index >= 15 is 0 Å². The van der Waals surface area contributed by atoms with Gasteiger partial charge in [-0.1, -0.05) is 97.1 Å². The first-order valence-corrected chi connectivity index (χ1v) is 17.2. The highest BCUT2D eigenvalue weighted by Crippen LogP contribution is 2.45. The van der Waals surface area contributed by atoms with Gasteiger partial charge in [0.05, 0.1) is 44.5 Å². The molecule has 0 aliphatic rings. The van der Waals surface area contributed by atoms with Gasteiger partial charge in [-0.15, -0.1) is 0 Å². The summed E-state index contributed by atoms with van der Waals surface area (Å²) in [5.41, 5.74) is 12.0. The van der Waals surface area contributed by atoms with Crippen LogP contribution in [0.4, 0.5) is 0 Å². The maximum Gasteiger partial charge on any atom is 0.234 e. The van der Waals surface area contributed by atoms with E-state index < -0.39 is 0 Å². The van der Waals surface area contributed by atoms with Crippen molar-refractivity contribution in [2.75, 3.05) is 0 Å². The van der Waals surface area contributed by atoms with Crippen molar-refractivity contribution in [3.05, 3.63) is 158 Å². The van der Waals surface area contributed by atoms with Gasteiger partial charge >= 0.3 is 0 Å². The molecule has 0 aliphatic heterocycles. The normalized spacial score (nSPS) is 12.3. The second-order valence-electron chi connectivity index (χ2n) is 13.3. The topological polar surface area (TPSA) is 52.4 Å². The smallest absolute Gasteiger partial charge is 0.234 e. The number of rotatable bonds is 3. The molecule has 0 fully saturated rings. The standard InChI is InChI=1S/C45H26N6/c1-2-11-27(12-3-1)43-41(48-45-47-22-10-24-49(43)45)28-13-8-14-29(25-28)50-36-20-7-5-16-32(36)39-33-17-9-18-34-40(33)38(26-37(39)50)51-35-19-6-4-15-30(35)31-21-23-46-42(34)44(31)51/h1-26H. The fourth-order valence-corrected chi connectivity index (χ4v) is 8.68. The first kappa shape index (κ1) is 26.9. The fourth-order valence-electron chi connectivity index (χ4n) is 8.68. The lowest BCUT2D eigenvalue weighted by Crippen LogP contribution is -1.97. The molecule has 12 aromatic rings. The van der Waals surface area contributed by atoms with Crippen LogP contribution in [-0.2, 0) is 0 Å². The van der Waals surface area contributed by atoms with Crippen LogP contribution in [0.25, 0.3) is 105 Å². The van der Waals surface area contributed by atoms with Gasteiger partial charge in [-0.25, -0.2) is 9.97 Å². The van der Waals surface area contributed by atoms with Crippen molar-refractivity contribution in [2.45, 2.75) is 0 Å². The Morgan fingerprint density at radius 1 is 0.471 bits per heavy atom. The summed E-state index contributed by atoms with van der Waals surface area (Å²) < 4.78 is 6.95. The SMILES string of the molecule is c1ccc(-c2c(-c3cccc(-n4c5ccccc5c5c6cccc7c8nccc9c%10ccccc%10n(c(cc54)c76)c98)c3)nc3ncccn23)cc1. The molecule has 6 heteroatoms. The molecule has 0 amide bonds. The van der Waals surface area contributed by atoms with Crippen LogP contribution < -0.4 is 0 Å². The molecule has 12 rings (SSSR count). The Balaban J connectivity index is 1.22. The molecule has 0 atom stereocenters. The molecule has 0 saturated heterocycles. The van der Waals surface area contributed by atoms with Gasteiger partial charge in [0.15, 0.2) is 0 Å². The van der Waals surface area contributed by atoms with Gasteiger partial charge in [0, 0.05) is 67.7 Å². The minimum atomic E-state index is 0.676. The van der Waals surface area contributed by atoms with Crippen LogP contribution >= 0.6 is 0 Å². The number of pyridine rings is 2. The zero-order valence-corrected chi connectivity index (χ0v) is 27.2. The highest BCUT2D eigenvalue weighted by Gasteiger charge is 2.23. The van der Waals surface area contributed by atoms with Gasteiger partial charge in [0.1, 0.15) is 0 Å². The summed E-state index contributed by atoms with van der Waals surface area (Å²) in [5, 5.41) is 8.57. The van der Waals surface area contributed by atoms with Crippen LogP contribution in [0.15, 0.2) is 158 Å². The lowest BCUT2D eigenvalue weighted by atomic mass is 9.98. The van der Waals surface area contributed by atoms with Crippen LogP contribution in [0.5, 0.6) is 0 Å². The fraction of sp³-hybridized carbons (Fsp3) is 0. The predicted octanol–water partition coefficient (Wildman–Crippen LogP) is 10.9. The van der Waals surface area contributed by atoms with Gasteiger partial charge < -0.3 is 8.97 Å². The van der Waals surface area contributed by atoms with Crippen molar-refractivity contribution >= 4 is 76.6 Å². The van der Waals surface area contributed by atoms with Crippen molar-refractivity contribution in [3.63, 3.8) is 0 Å². The molecular formula is C45H26N6. The van der Waals surface area contributed by atoms with Crippen LogP contribution in [0.3, 0.4) is 0 Å². The summed E-state index contributed by atoms with van der Waals surface area (Å²) >= 11 is 0. The number of hydrogen-bond donors (Lipinski definition) is 0. The molecule has 6 aromatic carbocycles. The van der Waals surface area contributed by atoms with E-state index in [1.165, 1.54) is 48.7 Å². The molecule has 51 heavy (non-hydrogen) atoms. The molecule has 0 bridgehead atoms. The minimum absolute atomic E-state index is 0.676. The predicted molar refractivity (Wildman–Crippen MR) is 208 cm³/mol. The minimum Gasteiger partial charge on any atom is -0.309 e. The third-order valence-corrected chi connectivity index (χ3v) is 10.7. The first-order valence-electron chi connectivity index (χ1n) is 17.2. The summed E-state index contributed by atoms with van der Waals surface area (Å²) in [6.45, 7) is 0. The van der Waals surface area contributed by atoms with Gasteiger partial charge in [-0.3, -0.25) is 9.38 Å². The van der Waals surface area contributed by atoms with Crippen molar-refractivity contribution in [3.8, 4) is 28.2 Å². The van der Waals surface area contributed by atoms with Crippen molar-refractivity contribution in [1.82, 2.24) is 28.3 Å². The van der Waals surface area contributed by atoms with E-state index in [2.05, 4.69) is 146 Å².